The van der Waals surface area contributed by atoms with Gasteiger partial charge in [0.25, 0.3) is 0 Å². The summed E-state index contributed by atoms with van der Waals surface area (Å²) in [5.41, 5.74) is 1.32. The highest BCUT2D eigenvalue weighted by molar-refractivity contribution is 6.27. The van der Waals surface area contributed by atoms with Crippen molar-refractivity contribution in [2.75, 3.05) is 52.4 Å². The highest BCUT2D eigenvalue weighted by Gasteiger charge is 2.27. The minimum absolute atomic E-state index is 0.284. The van der Waals surface area contributed by atoms with Gasteiger partial charge in [-0.3, -0.25) is 19.7 Å². The second-order valence-corrected chi connectivity index (χ2v) is 7.08. The van der Waals surface area contributed by atoms with Crippen molar-refractivity contribution in [2.45, 2.75) is 25.4 Å². The Kier molecular flexibility index (Phi) is 9.29. The van der Waals surface area contributed by atoms with Crippen LogP contribution in [-0.2, 0) is 16.1 Å². The Labute approximate surface area is 165 Å². The van der Waals surface area contributed by atoms with Crippen molar-refractivity contribution < 1.29 is 24.9 Å². The first-order valence-corrected chi connectivity index (χ1v) is 9.64. The number of pyridine rings is 1. The van der Waals surface area contributed by atoms with Gasteiger partial charge in [0.05, 0.1) is 6.61 Å². The van der Waals surface area contributed by atoms with Gasteiger partial charge in [0.15, 0.2) is 0 Å². The van der Waals surface area contributed by atoms with Crippen LogP contribution in [0.5, 0.6) is 0 Å². The quantitative estimate of drug-likeness (QED) is 0.584. The summed E-state index contributed by atoms with van der Waals surface area (Å²) in [6.07, 6.45) is 6.37. The molecule has 0 amide bonds. The van der Waals surface area contributed by atoms with Crippen molar-refractivity contribution in [1.29, 1.82) is 0 Å². The van der Waals surface area contributed by atoms with Gasteiger partial charge in [0.1, 0.15) is 0 Å². The summed E-state index contributed by atoms with van der Waals surface area (Å²) in [5, 5.41) is 23.8. The van der Waals surface area contributed by atoms with Gasteiger partial charge in [-0.15, -0.1) is 0 Å². The average molecular weight is 394 g/mol. The third-order valence-electron chi connectivity index (χ3n) is 5.21. The Balaban J connectivity index is 0.000000409. The van der Waals surface area contributed by atoms with Gasteiger partial charge < -0.3 is 15.3 Å². The van der Waals surface area contributed by atoms with Crippen LogP contribution in [0.25, 0.3) is 0 Å². The van der Waals surface area contributed by atoms with E-state index in [2.05, 4.69) is 25.8 Å². The van der Waals surface area contributed by atoms with E-state index in [-0.39, 0.29) is 6.61 Å². The van der Waals surface area contributed by atoms with E-state index in [1.54, 1.807) is 0 Å². The molecule has 2 aliphatic heterocycles. The molecule has 3 heterocycles. The molecule has 0 aliphatic carbocycles. The van der Waals surface area contributed by atoms with Gasteiger partial charge in [-0.1, -0.05) is 6.07 Å². The Bertz CT molecular complexity index is 588. The largest absolute Gasteiger partial charge is 0.473 e. The van der Waals surface area contributed by atoms with Gasteiger partial charge in [0, 0.05) is 57.7 Å². The number of aromatic nitrogens is 1. The lowest BCUT2D eigenvalue weighted by molar-refractivity contribution is -0.159. The number of aliphatic hydroxyl groups excluding tert-OH is 1. The Morgan fingerprint density at radius 1 is 1.00 bits per heavy atom. The highest BCUT2D eigenvalue weighted by atomic mass is 16.4. The van der Waals surface area contributed by atoms with E-state index in [1.165, 1.54) is 31.5 Å². The Morgan fingerprint density at radius 3 is 2.14 bits per heavy atom. The molecule has 2 fully saturated rings. The maximum Gasteiger partial charge on any atom is 0.414 e. The molecule has 2 saturated heterocycles. The first-order chi connectivity index (χ1) is 13.5. The lowest BCUT2D eigenvalue weighted by Crippen LogP contribution is -2.53. The van der Waals surface area contributed by atoms with Crippen LogP contribution in [0, 0.1) is 0 Å². The molecule has 1 aromatic rings. The maximum absolute atomic E-state index is 9.10. The molecule has 9 nitrogen and oxygen atoms in total. The third-order valence-corrected chi connectivity index (χ3v) is 5.21. The van der Waals surface area contributed by atoms with E-state index < -0.39 is 11.9 Å². The summed E-state index contributed by atoms with van der Waals surface area (Å²) in [6, 6.07) is 4.94. The number of carboxylic acids is 2. The van der Waals surface area contributed by atoms with Crippen LogP contribution in [0.2, 0.25) is 0 Å². The minimum atomic E-state index is -1.82. The number of aliphatic hydroxyl groups is 1. The van der Waals surface area contributed by atoms with Gasteiger partial charge >= 0.3 is 11.9 Å². The predicted octanol–water partition coefficient (Wildman–Crippen LogP) is -0.188. The van der Waals surface area contributed by atoms with E-state index in [9.17, 15) is 0 Å². The fourth-order valence-electron chi connectivity index (χ4n) is 3.69. The second kappa shape index (κ2) is 11.7. The molecule has 0 unspecified atom stereocenters. The lowest BCUT2D eigenvalue weighted by atomic mass is 10.0. The fourth-order valence-corrected chi connectivity index (χ4v) is 3.69. The van der Waals surface area contributed by atoms with Crippen LogP contribution in [0.4, 0.5) is 0 Å². The molecule has 0 saturated carbocycles. The van der Waals surface area contributed by atoms with Gasteiger partial charge in [-0.25, -0.2) is 9.59 Å². The van der Waals surface area contributed by atoms with E-state index in [4.69, 9.17) is 24.9 Å². The van der Waals surface area contributed by atoms with E-state index in [0.717, 1.165) is 45.3 Å². The predicted molar refractivity (Wildman–Crippen MR) is 103 cm³/mol. The van der Waals surface area contributed by atoms with Crippen molar-refractivity contribution in [1.82, 2.24) is 19.7 Å². The van der Waals surface area contributed by atoms with Crippen LogP contribution in [-0.4, -0.2) is 105 Å². The molecule has 28 heavy (non-hydrogen) atoms. The first kappa shape index (κ1) is 22.2. The van der Waals surface area contributed by atoms with Gasteiger partial charge in [0.2, 0.25) is 0 Å². The van der Waals surface area contributed by atoms with Crippen molar-refractivity contribution in [2.24, 2.45) is 0 Å². The summed E-state index contributed by atoms with van der Waals surface area (Å²) in [5.74, 6) is -3.65. The first-order valence-electron chi connectivity index (χ1n) is 9.64. The molecule has 0 radical (unpaired) electrons. The van der Waals surface area contributed by atoms with Crippen molar-refractivity contribution >= 4 is 11.9 Å². The van der Waals surface area contributed by atoms with Crippen molar-refractivity contribution in [3.63, 3.8) is 0 Å². The molecule has 2 aliphatic rings. The normalized spacial score (nSPS) is 19.6. The molecule has 0 aromatic carbocycles. The summed E-state index contributed by atoms with van der Waals surface area (Å²) >= 11 is 0. The number of aliphatic carboxylic acids is 2. The summed E-state index contributed by atoms with van der Waals surface area (Å²) in [4.78, 5) is 30.0. The molecule has 3 rings (SSSR count). The number of piperazine rings is 1. The Morgan fingerprint density at radius 2 is 1.64 bits per heavy atom. The molecule has 156 valence electrons. The molecule has 0 bridgehead atoms. The summed E-state index contributed by atoms with van der Waals surface area (Å²) in [7, 11) is 0. The maximum atomic E-state index is 9.10. The zero-order valence-electron chi connectivity index (χ0n) is 16.1. The Hall–Kier alpha value is -2.07. The number of carbonyl (C=O) groups is 2. The van der Waals surface area contributed by atoms with Crippen LogP contribution in [0.3, 0.4) is 0 Å². The molecule has 9 heteroatoms. The average Bonchev–Trinajstić information content (AvgIpc) is 2.71. The van der Waals surface area contributed by atoms with Crippen molar-refractivity contribution in [3.8, 4) is 0 Å². The molecule has 3 N–H and O–H groups in total. The van der Waals surface area contributed by atoms with E-state index in [1.807, 2.05) is 18.5 Å². The lowest BCUT2D eigenvalue weighted by Gasteiger charge is -2.42. The molecule has 0 atom stereocenters. The number of piperidine rings is 1. The summed E-state index contributed by atoms with van der Waals surface area (Å²) in [6.45, 7) is 9.06. The molecular formula is C19H30N4O5. The third kappa shape index (κ3) is 7.51. The topological polar surface area (TPSA) is 117 Å². The van der Waals surface area contributed by atoms with E-state index in [0.29, 0.717) is 0 Å². The SMILES string of the molecule is O=C(O)C(=O)O.OCCN1CCN(C2CCN(Cc3cccnc3)CC2)CC1. The smallest absolute Gasteiger partial charge is 0.414 e. The number of hydrogen-bond acceptors (Lipinski definition) is 7. The second-order valence-electron chi connectivity index (χ2n) is 7.08. The van der Waals surface area contributed by atoms with E-state index >= 15 is 0 Å². The summed E-state index contributed by atoms with van der Waals surface area (Å²) < 4.78 is 0. The van der Waals surface area contributed by atoms with Crippen LogP contribution < -0.4 is 0 Å². The molecular weight excluding hydrogens is 364 g/mol. The van der Waals surface area contributed by atoms with Gasteiger partial charge in [-0.05, 0) is 37.6 Å². The van der Waals surface area contributed by atoms with Gasteiger partial charge in [-0.2, -0.15) is 0 Å². The zero-order chi connectivity index (χ0) is 20.4. The van der Waals surface area contributed by atoms with Crippen LogP contribution in [0.1, 0.15) is 18.4 Å². The van der Waals surface area contributed by atoms with Crippen molar-refractivity contribution in [3.05, 3.63) is 30.1 Å². The highest BCUT2D eigenvalue weighted by Crippen LogP contribution is 2.19. The molecule has 1 aromatic heterocycles. The number of nitrogens with zero attached hydrogens (tertiary/aromatic N) is 4. The zero-order valence-corrected chi connectivity index (χ0v) is 16.1. The number of β-amino-alcohol motifs (C(OH)–C–C–N with tert-alkyl or cyclic N) is 1. The number of hydrogen-bond donors (Lipinski definition) is 3. The minimum Gasteiger partial charge on any atom is -0.473 e. The van der Waals surface area contributed by atoms with Crippen LogP contribution >= 0.6 is 0 Å². The monoisotopic (exact) mass is 394 g/mol. The number of likely N-dealkylation sites (tertiary alicyclic amines) is 1. The molecule has 0 spiro atoms. The van der Waals surface area contributed by atoms with Crippen LogP contribution in [0.15, 0.2) is 24.5 Å². The fraction of sp³-hybridized carbons (Fsp3) is 0.632. The number of carboxylic acid groups (broad SMARTS) is 2. The standard InChI is InChI=1S/C17H28N4O.C2H2O4/c22-13-12-19-8-10-21(11-9-19)17-3-6-20(7-4-17)15-16-2-1-5-18-14-16;3-1(4)2(5)6/h1-2,5,14,17,22H,3-4,6-13,15H2;(H,3,4)(H,5,6). The number of rotatable bonds is 5.